The third-order valence-corrected chi connectivity index (χ3v) is 6.24. The number of nitrogens with one attached hydrogen (secondary N) is 1. The van der Waals surface area contributed by atoms with Crippen LogP contribution in [0.5, 0.6) is 5.75 Å². The third kappa shape index (κ3) is 5.36. The van der Waals surface area contributed by atoms with E-state index in [9.17, 15) is 9.59 Å². The zero-order valence-electron chi connectivity index (χ0n) is 17.9. The molecule has 0 aromatic heterocycles. The number of thioether (sulfide) groups is 1. The predicted molar refractivity (Wildman–Crippen MR) is 120 cm³/mol. The Morgan fingerprint density at radius 1 is 1.23 bits per heavy atom. The molecule has 160 valence electrons. The molecular formula is C24H30N2O3S. The van der Waals surface area contributed by atoms with E-state index in [0.29, 0.717) is 5.92 Å². The Morgan fingerprint density at radius 3 is 2.63 bits per heavy atom. The first-order valence-corrected chi connectivity index (χ1v) is 11.7. The van der Waals surface area contributed by atoms with Crippen LogP contribution in [0.1, 0.15) is 56.6 Å². The van der Waals surface area contributed by atoms with Crippen LogP contribution in [0.25, 0.3) is 0 Å². The van der Waals surface area contributed by atoms with E-state index in [1.54, 1.807) is 11.8 Å². The maximum Gasteiger partial charge on any atom is 0.250 e. The Balaban J connectivity index is 1.68. The van der Waals surface area contributed by atoms with Gasteiger partial charge in [-0.15, -0.1) is 11.8 Å². The number of aryl methyl sites for hydroxylation is 1. The number of hydrogen-bond acceptors (Lipinski definition) is 4. The molecule has 2 unspecified atom stereocenters. The van der Waals surface area contributed by atoms with E-state index in [-0.39, 0.29) is 18.2 Å². The van der Waals surface area contributed by atoms with Gasteiger partial charge in [0.1, 0.15) is 5.75 Å². The zero-order valence-corrected chi connectivity index (χ0v) is 18.7. The zero-order chi connectivity index (χ0) is 21.5. The van der Waals surface area contributed by atoms with Crippen molar-refractivity contribution in [1.82, 2.24) is 10.4 Å². The fraction of sp³-hybridized carbons (Fsp3) is 0.417. The molecule has 2 aromatic carbocycles. The highest BCUT2D eigenvalue weighted by atomic mass is 32.2. The van der Waals surface area contributed by atoms with Gasteiger partial charge < -0.3 is 4.74 Å². The SMILES string of the molecule is CCC(CCCc1cccc(SC)c1OC1CC(=O)N1NC(C)=O)c1ccccc1. The molecule has 0 bridgehead atoms. The number of para-hydroxylation sites is 1. The quantitative estimate of drug-likeness (QED) is 0.433. The van der Waals surface area contributed by atoms with E-state index in [1.807, 2.05) is 12.3 Å². The first-order valence-electron chi connectivity index (χ1n) is 10.5. The fourth-order valence-corrected chi connectivity index (χ4v) is 4.42. The fourth-order valence-electron chi connectivity index (χ4n) is 3.84. The highest BCUT2D eigenvalue weighted by Crippen LogP contribution is 2.36. The van der Waals surface area contributed by atoms with Crippen LogP contribution in [0.3, 0.4) is 0 Å². The van der Waals surface area contributed by atoms with Crippen LogP contribution < -0.4 is 10.2 Å². The van der Waals surface area contributed by atoms with E-state index in [0.717, 1.165) is 41.9 Å². The van der Waals surface area contributed by atoms with Gasteiger partial charge in [0.2, 0.25) is 18.0 Å². The van der Waals surface area contributed by atoms with Gasteiger partial charge in [0, 0.05) is 11.8 Å². The minimum absolute atomic E-state index is 0.132. The average Bonchev–Trinajstić information content (AvgIpc) is 2.76. The molecule has 0 aliphatic carbocycles. The van der Waals surface area contributed by atoms with Crippen LogP contribution in [0.15, 0.2) is 53.4 Å². The first-order chi connectivity index (χ1) is 14.5. The molecule has 0 radical (unpaired) electrons. The molecule has 0 saturated carbocycles. The maximum absolute atomic E-state index is 11.8. The average molecular weight is 427 g/mol. The van der Waals surface area contributed by atoms with Crippen molar-refractivity contribution < 1.29 is 14.3 Å². The van der Waals surface area contributed by atoms with E-state index in [2.05, 4.69) is 54.8 Å². The lowest BCUT2D eigenvalue weighted by molar-refractivity contribution is -0.172. The first kappa shape index (κ1) is 22.2. The molecule has 6 heteroatoms. The second kappa shape index (κ2) is 10.5. The summed E-state index contributed by atoms with van der Waals surface area (Å²) in [5, 5.41) is 1.28. The van der Waals surface area contributed by atoms with Crippen LogP contribution in [0.4, 0.5) is 0 Å². The Morgan fingerprint density at radius 2 is 2.00 bits per heavy atom. The molecular weight excluding hydrogens is 396 g/mol. The van der Waals surface area contributed by atoms with Crippen molar-refractivity contribution in [2.75, 3.05) is 6.26 Å². The Kier molecular flexibility index (Phi) is 7.80. The predicted octanol–water partition coefficient (Wildman–Crippen LogP) is 4.91. The number of carbonyl (C=O) groups excluding carboxylic acids is 2. The van der Waals surface area contributed by atoms with Gasteiger partial charge in [0.25, 0.3) is 0 Å². The number of hydrazine groups is 1. The van der Waals surface area contributed by atoms with Crippen molar-refractivity contribution in [3.8, 4) is 5.75 Å². The van der Waals surface area contributed by atoms with Crippen LogP contribution in [0, 0.1) is 0 Å². The van der Waals surface area contributed by atoms with Gasteiger partial charge in [-0.1, -0.05) is 49.4 Å². The van der Waals surface area contributed by atoms with E-state index in [1.165, 1.54) is 17.5 Å². The van der Waals surface area contributed by atoms with Crippen molar-refractivity contribution in [3.05, 3.63) is 59.7 Å². The van der Waals surface area contributed by atoms with Crippen molar-refractivity contribution in [3.63, 3.8) is 0 Å². The normalized spacial score (nSPS) is 16.7. The molecule has 0 spiro atoms. The van der Waals surface area contributed by atoms with Crippen LogP contribution >= 0.6 is 11.8 Å². The number of nitrogens with zero attached hydrogens (tertiary/aromatic N) is 1. The molecule has 3 rings (SSSR count). The Hall–Kier alpha value is -2.47. The number of ether oxygens (including phenoxy) is 1. The van der Waals surface area contributed by atoms with Gasteiger partial charge in [-0.05, 0) is 55.1 Å². The molecule has 5 nitrogen and oxygen atoms in total. The molecule has 1 aliphatic rings. The lowest BCUT2D eigenvalue weighted by Crippen LogP contribution is -2.62. The van der Waals surface area contributed by atoms with Crippen molar-refractivity contribution in [2.24, 2.45) is 0 Å². The van der Waals surface area contributed by atoms with Crippen LogP contribution in [0.2, 0.25) is 0 Å². The van der Waals surface area contributed by atoms with Gasteiger partial charge in [-0.25, -0.2) is 5.01 Å². The van der Waals surface area contributed by atoms with E-state index >= 15 is 0 Å². The highest BCUT2D eigenvalue weighted by molar-refractivity contribution is 7.98. The van der Waals surface area contributed by atoms with Gasteiger partial charge in [0.15, 0.2) is 0 Å². The summed E-state index contributed by atoms with van der Waals surface area (Å²) in [5.41, 5.74) is 5.10. The molecule has 1 saturated heterocycles. The monoisotopic (exact) mass is 426 g/mol. The number of β-lactam (4-membered cyclic amide) rings is 1. The standard InChI is InChI=1S/C24H30N2O3S/c1-4-18(19-10-6-5-7-11-19)12-8-13-20-14-9-15-21(30-3)24(20)29-23-16-22(28)26(23)25-17(2)27/h5-7,9-11,14-15,18,23H,4,8,12-13,16H2,1-3H3,(H,25,27). The second-order valence-electron chi connectivity index (χ2n) is 7.56. The van der Waals surface area contributed by atoms with Gasteiger partial charge in [-0.3, -0.25) is 15.0 Å². The van der Waals surface area contributed by atoms with Crippen molar-refractivity contribution >= 4 is 23.6 Å². The summed E-state index contributed by atoms with van der Waals surface area (Å²) in [6.07, 6.45) is 6.04. The number of carbonyl (C=O) groups is 2. The summed E-state index contributed by atoms with van der Waals surface area (Å²) < 4.78 is 6.23. The van der Waals surface area contributed by atoms with E-state index < -0.39 is 6.23 Å². The second-order valence-corrected chi connectivity index (χ2v) is 8.41. The van der Waals surface area contributed by atoms with Crippen molar-refractivity contribution in [2.45, 2.75) is 63.0 Å². The van der Waals surface area contributed by atoms with E-state index in [4.69, 9.17) is 4.74 Å². The molecule has 1 fully saturated rings. The van der Waals surface area contributed by atoms with Gasteiger partial charge >= 0.3 is 0 Å². The minimum atomic E-state index is -0.457. The molecule has 2 atom stereocenters. The Bertz CT molecular complexity index is 872. The van der Waals surface area contributed by atoms with Gasteiger partial charge in [-0.2, -0.15) is 0 Å². The Labute approximate surface area is 183 Å². The largest absolute Gasteiger partial charge is 0.467 e. The number of rotatable bonds is 10. The van der Waals surface area contributed by atoms with Gasteiger partial charge in [0.05, 0.1) is 6.42 Å². The minimum Gasteiger partial charge on any atom is -0.467 e. The smallest absolute Gasteiger partial charge is 0.250 e. The molecule has 2 aromatic rings. The molecule has 2 amide bonds. The number of amides is 2. The molecule has 1 heterocycles. The number of hydrogen-bond donors (Lipinski definition) is 1. The molecule has 30 heavy (non-hydrogen) atoms. The summed E-state index contributed by atoms with van der Waals surface area (Å²) in [7, 11) is 0. The van der Waals surface area contributed by atoms with Crippen LogP contribution in [-0.2, 0) is 16.0 Å². The molecule has 1 N–H and O–H groups in total. The summed E-state index contributed by atoms with van der Waals surface area (Å²) in [4.78, 5) is 24.3. The lowest BCUT2D eigenvalue weighted by atomic mass is 9.90. The third-order valence-electron chi connectivity index (χ3n) is 5.48. The summed E-state index contributed by atoms with van der Waals surface area (Å²) in [5.74, 6) is 0.970. The van der Waals surface area contributed by atoms with Crippen LogP contribution in [-0.4, -0.2) is 29.3 Å². The summed E-state index contributed by atoms with van der Waals surface area (Å²) in [6, 6.07) is 16.9. The summed E-state index contributed by atoms with van der Waals surface area (Å²) in [6.45, 7) is 3.63. The number of benzene rings is 2. The van der Waals surface area contributed by atoms with Crippen molar-refractivity contribution in [1.29, 1.82) is 0 Å². The lowest BCUT2D eigenvalue weighted by Gasteiger charge is -2.39. The maximum atomic E-state index is 11.8. The molecule has 1 aliphatic heterocycles. The summed E-state index contributed by atoms with van der Waals surface area (Å²) >= 11 is 1.63. The topological polar surface area (TPSA) is 58.6 Å². The highest BCUT2D eigenvalue weighted by Gasteiger charge is 2.39.